The zero-order valence-electron chi connectivity index (χ0n) is 10.9. The summed E-state index contributed by atoms with van der Waals surface area (Å²) in [4.78, 5) is 0. The molecule has 21 heavy (non-hydrogen) atoms. The van der Waals surface area contributed by atoms with Gasteiger partial charge >= 0.3 is 0 Å². The minimum atomic E-state index is -0.425. The third-order valence-electron chi connectivity index (χ3n) is 3.18. The van der Waals surface area contributed by atoms with Crippen LogP contribution in [0.25, 0.3) is 22.6 Å². The van der Waals surface area contributed by atoms with Crippen LogP contribution in [0.15, 0.2) is 53.1 Å². The monoisotopic (exact) mass is 303 g/mol. The maximum Gasteiger partial charge on any atom is 0.175 e. The van der Waals surface area contributed by atoms with Crippen molar-refractivity contribution in [3.05, 3.63) is 64.9 Å². The van der Waals surface area contributed by atoms with Crippen molar-refractivity contribution in [2.24, 2.45) is 0 Å². The molecule has 0 fully saturated rings. The number of aliphatic hydroxyl groups is 1. The Kier molecular flexibility index (Phi) is 3.73. The van der Waals surface area contributed by atoms with Crippen molar-refractivity contribution >= 4 is 11.6 Å². The fraction of sp³-hybridized carbons (Fsp3) is 0.0625. The van der Waals surface area contributed by atoms with E-state index in [4.69, 9.17) is 16.1 Å². The molecule has 1 heterocycles. The number of hydrogen-bond donors (Lipinski definition) is 1. The first-order valence-electron chi connectivity index (χ1n) is 6.31. The van der Waals surface area contributed by atoms with Gasteiger partial charge in [-0.15, -0.1) is 0 Å². The molecular weight excluding hydrogens is 293 g/mol. The molecule has 0 aliphatic heterocycles. The lowest BCUT2D eigenvalue weighted by Gasteiger charge is -2.02. The van der Waals surface area contributed by atoms with Crippen molar-refractivity contribution in [2.75, 3.05) is 0 Å². The quantitative estimate of drug-likeness (QED) is 0.785. The Balaban J connectivity index is 2.13. The van der Waals surface area contributed by atoms with Crippen LogP contribution in [0, 0.1) is 5.82 Å². The van der Waals surface area contributed by atoms with Crippen molar-refractivity contribution in [1.29, 1.82) is 0 Å². The number of aliphatic hydroxyl groups excluding tert-OH is 1. The van der Waals surface area contributed by atoms with Crippen LogP contribution in [0.5, 0.6) is 0 Å². The van der Waals surface area contributed by atoms with Gasteiger partial charge in [-0.1, -0.05) is 41.0 Å². The van der Waals surface area contributed by atoms with Gasteiger partial charge in [-0.25, -0.2) is 4.39 Å². The standard InChI is InChI=1S/C16H11ClFNO2/c17-11-7-5-10(6-8-11)15-13(9-20)16(21-19-15)12-3-1-2-4-14(12)18/h1-8,20H,9H2. The van der Waals surface area contributed by atoms with Crippen LogP contribution in [-0.4, -0.2) is 10.3 Å². The molecule has 0 bridgehead atoms. The van der Waals surface area contributed by atoms with Gasteiger partial charge < -0.3 is 9.63 Å². The molecule has 0 atom stereocenters. The molecule has 106 valence electrons. The molecule has 0 radical (unpaired) electrons. The van der Waals surface area contributed by atoms with E-state index in [2.05, 4.69) is 5.16 Å². The lowest BCUT2D eigenvalue weighted by Crippen LogP contribution is -1.90. The van der Waals surface area contributed by atoms with Crippen molar-refractivity contribution in [1.82, 2.24) is 5.16 Å². The molecule has 3 nitrogen and oxygen atoms in total. The molecule has 0 amide bonds. The number of rotatable bonds is 3. The number of nitrogens with zero attached hydrogens (tertiary/aromatic N) is 1. The molecule has 0 aliphatic rings. The number of hydrogen-bond acceptors (Lipinski definition) is 3. The Morgan fingerprint density at radius 2 is 1.81 bits per heavy atom. The zero-order valence-corrected chi connectivity index (χ0v) is 11.6. The van der Waals surface area contributed by atoms with Gasteiger partial charge in [-0.3, -0.25) is 0 Å². The summed E-state index contributed by atoms with van der Waals surface area (Å²) in [5, 5.41) is 14.2. The van der Waals surface area contributed by atoms with E-state index in [1.54, 1.807) is 42.5 Å². The highest BCUT2D eigenvalue weighted by atomic mass is 35.5. The van der Waals surface area contributed by atoms with Crippen LogP contribution in [0.4, 0.5) is 4.39 Å². The lowest BCUT2D eigenvalue weighted by molar-refractivity contribution is 0.281. The summed E-state index contributed by atoms with van der Waals surface area (Å²) in [5.74, 6) is -0.188. The first kappa shape index (κ1) is 13.8. The fourth-order valence-electron chi connectivity index (χ4n) is 2.15. The van der Waals surface area contributed by atoms with Crippen molar-refractivity contribution in [2.45, 2.75) is 6.61 Å². The molecule has 1 aromatic heterocycles. The minimum Gasteiger partial charge on any atom is -0.391 e. The van der Waals surface area contributed by atoms with E-state index in [0.29, 0.717) is 16.3 Å². The second kappa shape index (κ2) is 5.68. The average molecular weight is 304 g/mol. The summed E-state index contributed by atoms with van der Waals surface area (Å²) >= 11 is 5.85. The second-order valence-corrected chi connectivity index (χ2v) is 4.92. The third-order valence-corrected chi connectivity index (χ3v) is 3.43. The molecule has 1 N–H and O–H groups in total. The summed E-state index contributed by atoms with van der Waals surface area (Å²) in [6.45, 7) is -0.300. The SMILES string of the molecule is OCc1c(-c2ccc(Cl)cc2)noc1-c1ccccc1F. The minimum absolute atomic E-state index is 0.237. The highest BCUT2D eigenvalue weighted by molar-refractivity contribution is 6.30. The van der Waals surface area contributed by atoms with Gasteiger partial charge in [0.05, 0.1) is 17.7 Å². The van der Waals surface area contributed by atoms with Gasteiger partial charge in [-0.05, 0) is 24.3 Å². The van der Waals surface area contributed by atoms with E-state index in [9.17, 15) is 9.50 Å². The predicted molar refractivity (Wildman–Crippen MR) is 78.3 cm³/mol. The van der Waals surface area contributed by atoms with Crippen LogP contribution in [0.3, 0.4) is 0 Å². The van der Waals surface area contributed by atoms with Crippen molar-refractivity contribution < 1.29 is 14.0 Å². The summed E-state index contributed by atoms with van der Waals surface area (Å²) in [6.07, 6.45) is 0. The first-order chi connectivity index (χ1) is 10.2. The molecule has 0 spiro atoms. The van der Waals surface area contributed by atoms with Gasteiger partial charge in [0.15, 0.2) is 5.76 Å². The summed E-state index contributed by atoms with van der Waals surface area (Å²) in [5.41, 5.74) is 1.94. The van der Waals surface area contributed by atoms with Gasteiger partial charge in [0.2, 0.25) is 0 Å². The molecule has 2 aromatic carbocycles. The molecule has 0 saturated carbocycles. The van der Waals surface area contributed by atoms with Gasteiger partial charge in [-0.2, -0.15) is 0 Å². The highest BCUT2D eigenvalue weighted by Crippen LogP contribution is 2.33. The summed E-state index contributed by atoms with van der Waals surface area (Å²) in [6, 6.07) is 13.2. The van der Waals surface area contributed by atoms with Gasteiger partial charge in [0.1, 0.15) is 11.5 Å². The first-order valence-corrected chi connectivity index (χ1v) is 6.68. The maximum absolute atomic E-state index is 13.9. The third kappa shape index (κ3) is 2.55. The number of benzene rings is 2. The molecule has 0 unspecified atom stereocenters. The molecule has 3 aromatic rings. The van der Waals surface area contributed by atoms with E-state index in [0.717, 1.165) is 5.56 Å². The van der Waals surface area contributed by atoms with Crippen molar-refractivity contribution in [3.63, 3.8) is 0 Å². The number of aromatic nitrogens is 1. The second-order valence-electron chi connectivity index (χ2n) is 4.48. The van der Waals surface area contributed by atoms with Crippen molar-refractivity contribution in [3.8, 4) is 22.6 Å². The van der Waals surface area contributed by atoms with Crippen LogP contribution in [0.1, 0.15) is 5.56 Å². The van der Waals surface area contributed by atoms with Gasteiger partial charge in [0, 0.05) is 10.6 Å². The predicted octanol–water partition coefficient (Wildman–Crippen LogP) is 4.29. The molecule has 5 heteroatoms. The normalized spacial score (nSPS) is 10.8. The van der Waals surface area contributed by atoms with E-state index < -0.39 is 5.82 Å². The molecular formula is C16H11ClFNO2. The Hall–Kier alpha value is -2.17. The Bertz CT molecular complexity index is 768. The van der Waals surface area contributed by atoms with Crippen LogP contribution in [-0.2, 0) is 6.61 Å². The lowest BCUT2D eigenvalue weighted by atomic mass is 10.0. The number of halogens is 2. The van der Waals surface area contributed by atoms with Crippen LogP contribution in [0.2, 0.25) is 5.02 Å². The van der Waals surface area contributed by atoms with E-state index in [1.165, 1.54) is 6.07 Å². The summed E-state index contributed by atoms with van der Waals surface area (Å²) in [7, 11) is 0. The van der Waals surface area contributed by atoms with Crippen LogP contribution >= 0.6 is 11.6 Å². The molecule has 0 aliphatic carbocycles. The average Bonchev–Trinajstić information content (AvgIpc) is 2.92. The molecule has 0 saturated heterocycles. The van der Waals surface area contributed by atoms with E-state index in [-0.39, 0.29) is 17.9 Å². The Morgan fingerprint density at radius 1 is 1.10 bits per heavy atom. The summed E-state index contributed by atoms with van der Waals surface area (Å²) < 4.78 is 19.1. The van der Waals surface area contributed by atoms with E-state index >= 15 is 0 Å². The Morgan fingerprint density at radius 3 is 2.48 bits per heavy atom. The molecule has 3 rings (SSSR count). The maximum atomic E-state index is 13.9. The highest BCUT2D eigenvalue weighted by Gasteiger charge is 2.20. The topological polar surface area (TPSA) is 46.3 Å². The largest absolute Gasteiger partial charge is 0.391 e. The zero-order chi connectivity index (χ0) is 14.8. The smallest absolute Gasteiger partial charge is 0.175 e. The van der Waals surface area contributed by atoms with Crippen LogP contribution < -0.4 is 0 Å². The fourth-order valence-corrected chi connectivity index (χ4v) is 2.27. The van der Waals surface area contributed by atoms with E-state index in [1.807, 2.05) is 0 Å². The Labute approximate surface area is 125 Å². The van der Waals surface area contributed by atoms with Gasteiger partial charge in [0.25, 0.3) is 0 Å².